The highest BCUT2D eigenvalue weighted by Crippen LogP contribution is 2.21. The van der Waals surface area contributed by atoms with Gasteiger partial charge in [-0.25, -0.2) is 8.78 Å². The van der Waals surface area contributed by atoms with Gasteiger partial charge >= 0.3 is 0 Å². The zero-order valence-electron chi connectivity index (χ0n) is 13.4. The van der Waals surface area contributed by atoms with Crippen LogP contribution in [0.2, 0.25) is 0 Å². The van der Waals surface area contributed by atoms with Crippen molar-refractivity contribution in [2.45, 2.75) is 33.7 Å². The summed E-state index contributed by atoms with van der Waals surface area (Å²) in [5.74, 6) is -1.98. The molecule has 4 nitrogen and oxygen atoms in total. The largest absolute Gasteiger partial charge is 0.354 e. The van der Waals surface area contributed by atoms with Crippen LogP contribution < -0.4 is 5.32 Å². The molecule has 0 aliphatic carbocycles. The highest BCUT2D eigenvalue weighted by atomic mass is 19.1. The van der Waals surface area contributed by atoms with Crippen molar-refractivity contribution >= 4 is 11.7 Å². The molecular weight excluding hydrogens is 302 g/mol. The summed E-state index contributed by atoms with van der Waals surface area (Å²) >= 11 is 0. The third-order valence-corrected chi connectivity index (χ3v) is 3.79. The van der Waals surface area contributed by atoms with E-state index in [1.807, 2.05) is 0 Å². The molecule has 1 atom stereocenters. The second-order valence-corrected chi connectivity index (χ2v) is 5.54. The number of aromatic amines is 1. The number of carbonyl (C=O) groups excluding carboxylic acids is 2. The number of halogens is 2. The van der Waals surface area contributed by atoms with Crippen molar-refractivity contribution in [2.24, 2.45) is 0 Å². The Balaban J connectivity index is 2.25. The third-order valence-electron chi connectivity index (χ3n) is 3.79. The van der Waals surface area contributed by atoms with Gasteiger partial charge in [-0.1, -0.05) is 6.07 Å². The van der Waals surface area contributed by atoms with Gasteiger partial charge in [-0.3, -0.25) is 9.59 Å². The zero-order chi connectivity index (χ0) is 17.3. The van der Waals surface area contributed by atoms with Crippen LogP contribution in [0.1, 0.15) is 57.6 Å². The number of Topliss-reactive ketones (excluding diaryl/α,β-unsaturated/α-hetero) is 1. The first-order chi connectivity index (χ1) is 10.7. The number of hydrogen-bond donors (Lipinski definition) is 2. The van der Waals surface area contributed by atoms with Crippen molar-refractivity contribution in [1.29, 1.82) is 0 Å². The SMILES string of the molecule is CC(=O)c1c(C)[nH]c(C(=O)N[C@@H](C)c2ccc(F)cc2F)c1C. The molecule has 1 aromatic heterocycles. The van der Waals surface area contributed by atoms with E-state index in [0.717, 1.165) is 12.1 Å². The van der Waals surface area contributed by atoms with Gasteiger partial charge in [-0.05, 0) is 39.3 Å². The van der Waals surface area contributed by atoms with Gasteiger partial charge in [-0.2, -0.15) is 0 Å². The molecule has 2 aromatic rings. The smallest absolute Gasteiger partial charge is 0.268 e. The molecule has 23 heavy (non-hydrogen) atoms. The van der Waals surface area contributed by atoms with Crippen LogP contribution in [0.5, 0.6) is 0 Å². The Bertz CT molecular complexity index is 781. The lowest BCUT2D eigenvalue weighted by Crippen LogP contribution is -2.28. The van der Waals surface area contributed by atoms with Gasteiger partial charge in [0.2, 0.25) is 0 Å². The summed E-state index contributed by atoms with van der Waals surface area (Å²) in [6, 6.07) is 2.56. The topological polar surface area (TPSA) is 62.0 Å². The van der Waals surface area contributed by atoms with Gasteiger partial charge in [0.15, 0.2) is 5.78 Å². The summed E-state index contributed by atoms with van der Waals surface area (Å²) in [5.41, 5.74) is 2.10. The molecule has 0 spiro atoms. The van der Waals surface area contributed by atoms with Crippen LogP contribution in [0.4, 0.5) is 8.78 Å². The molecule has 6 heteroatoms. The summed E-state index contributed by atoms with van der Waals surface area (Å²) in [7, 11) is 0. The Labute approximate surface area is 132 Å². The van der Waals surface area contributed by atoms with Gasteiger partial charge in [0.05, 0.1) is 6.04 Å². The van der Waals surface area contributed by atoms with Crippen LogP contribution in [0.15, 0.2) is 18.2 Å². The van der Waals surface area contributed by atoms with E-state index < -0.39 is 23.6 Å². The van der Waals surface area contributed by atoms with Crippen molar-refractivity contribution in [3.8, 4) is 0 Å². The molecule has 0 saturated carbocycles. The molecule has 2 N–H and O–H groups in total. The first-order valence-electron chi connectivity index (χ1n) is 7.18. The summed E-state index contributed by atoms with van der Waals surface area (Å²) < 4.78 is 26.7. The summed E-state index contributed by atoms with van der Waals surface area (Å²) in [4.78, 5) is 26.9. The number of rotatable bonds is 4. The molecule has 2 rings (SSSR count). The second-order valence-electron chi connectivity index (χ2n) is 5.54. The quantitative estimate of drug-likeness (QED) is 0.846. The number of benzene rings is 1. The standard InChI is InChI=1S/C17H18F2N2O2/c1-8-15(11(4)22)10(3)20-16(8)17(23)21-9(2)13-6-5-12(18)7-14(13)19/h5-7,9,20H,1-4H3,(H,21,23)/t9-/m0/s1. The highest BCUT2D eigenvalue weighted by molar-refractivity contribution is 6.02. The van der Waals surface area contributed by atoms with E-state index in [1.165, 1.54) is 13.0 Å². The summed E-state index contributed by atoms with van der Waals surface area (Å²) in [6.07, 6.45) is 0. The van der Waals surface area contributed by atoms with E-state index in [2.05, 4.69) is 10.3 Å². The Morgan fingerprint density at radius 1 is 1.22 bits per heavy atom. The molecule has 0 unspecified atom stereocenters. The molecule has 0 aliphatic heterocycles. The van der Waals surface area contributed by atoms with Gasteiger partial charge in [0, 0.05) is 22.9 Å². The Morgan fingerprint density at radius 2 is 1.87 bits per heavy atom. The van der Waals surface area contributed by atoms with E-state index >= 15 is 0 Å². The average molecular weight is 320 g/mol. The minimum atomic E-state index is -0.721. The van der Waals surface area contributed by atoms with Crippen LogP contribution in [-0.4, -0.2) is 16.7 Å². The van der Waals surface area contributed by atoms with Gasteiger partial charge in [0.1, 0.15) is 17.3 Å². The van der Waals surface area contributed by atoms with Gasteiger partial charge < -0.3 is 10.3 Å². The fourth-order valence-electron chi connectivity index (χ4n) is 2.70. The number of H-pyrrole nitrogens is 1. The molecule has 122 valence electrons. The van der Waals surface area contributed by atoms with Crippen molar-refractivity contribution in [1.82, 2.24) is 10.3 Å². The fraction of sp³-hybridized carbons (Fsp3) is 0.294. The number of ketones is 1. The Kier molecular flexibility index (Phi) is 4.63. The second kappa shape index (κ2) is 6.32. The first kappa shape index (κ1) is 16.9. The molecule has 1 heterocycles. The fourth-order valence-corrected chi connectivity index (χ4v) is 2.70. The maximum absolute atomic E-state index is 13.8. The molecule has 0 aliphatic rings. The van der Waals surface area contributed by atoms with Crippen LogP contribution in [-0.2, 0) is 0 Å². The van der Waals surface area contributed by atoms with Gasteiger partial charge in [-0.15, -0.1) is 0 Å². The number of carbonyl (C=O) groups is 2. The van der Waals surface area contributed by atoms with Crippen molar-refractivity contribution in [2.75, 3.05) is 0 Å². The van der Waals surface area contributed by atoms with Crippen molar-refractivity contribution in [3.05, 3.63) is 57.9 Å². The molecule has 0 fully saturated rings. The monoisotopic (exact) mass is 320 g/mol. The Hall–Kier alpha value is -2.50. The van der Waals surface area contributed by atoms with Crippen molar-refractivity contribution in [3.63, 3.8) is 0 Å². The highest BCUT2D eigenvalue weighted by Gasteiger charge is 2.22. The lowest BCUT2D eigenvalue weighted by Gasteiger charge is -2.15. The van der Waals surface area contributed by atoms with E-state index in [0.29, 0.717) is 16.8 Å². The predicted octanol–water partition coefficient (Wildman–Crippen LogP) is 3.60. The normalized spacial score (nSPS) is 12.1. The summed E-state index contributed by atoms with van der Waals surface area (Å²) in [6.45, 7) is 6.43. The molecular formula is C17H18F2N2O2. The maximum Gasteiger partial charge on any atom is 0.268 e. The van der Waals surface area contributed by atoms with E-state index in [9.17, 15) is 18.4 Å². The van der Waals surface area contributed by atoms with Crippen molar-refractivity contribution < 1.29 is 18.4 Å². The lowest BCUT2D eigenvalue weighted by molar-refractivity contribution is 0.0934. The molecule has 0 bridgehead atoms. The molecule has 0 radical (unpaired) electrons. The van der Waals surface area contributed by atoms with Crippen LogP contribution >= 0.6 is 0 Å². The van der Waals surface area contributed by atoms with Crippen LogP contribution in [0.3, 0.4) is 0 Å². The zero-order valence-corrected chi connectivity index (χ0v) is 13.4. The number of nitrogens with one attached hydrogen (secondary N) is 2. The number of aromatic nitrogens is 1. The van der Waals surface area contributed by atoms with E-state index in [1.54, 1.807) is 20.8 Å². The first-order valence-corrected chi connectivity index (χ1v) is 7.18. The average Bonchev–Trinajstić information content (AvgIpc) is 2.73. The minimum Gasteiger partial charge on any atom is -0.354 e. The number of aryl methyl sites for hydroxylation is 1. The van der Waals surface area contributed by atoms with E-state index in [4.69, 9.17) is 0 Å². The Morgan fingerprint density at radius 3 is 2.39 bits per heavy atom. The predicted molar refractivity (Wildman–Crippen MR) is 82.5 cm³/mol. The number of hydrogen-bond acceptors (Lipinski definition) is 2. The maximum atomic E-state index is 13.8. The van der Waals surface area contributed by atoms with Gasteiger partial charge in [0.25, 0.3) is 5.91 Å². The minimum absolute atomic E-state index is 0.132. The lowest BCUT2D eigenvalue weighted by atomic mass is 10.1. The molecule has 0 saturated heterocycles. The molecule has 1 aromatic carbocycles. The van der Waals surface area contributed by atoms with E-state index in [-0.39, 0.29) is 17.0 Å². The van der Waals surface area contributed by atoms with Crippen LogP contribution in [0.25, 0.3) is 0 Å². The van der Waals surface area contributed by atoms with Crippen LogP contribution in [0, 0.1) is 25.5 Å². The third kappa shape index (κ3) is 3.31. The number of amides is 1. The molecule has 1 amide bonds. The summed E-state index contributed by atoms with van der Waals surface area (Å²) in [5, 5.41) is 2.65.